The summed E-state index contributed by atoms with van der Waals surface area (Å²) >= 11 is 0. The van der Waals surface area contributed by atoms with Crippen molar-refractivity contribution in [2.24, 2.45) is 11.8 Å². The normalized spacial score (nSPS) is 15.5. The number of nitrogens with one attached hydrogen (secondary N) is 2. The van der Waals surface area contributed by atoms with Crippen LogP contribution in [0.25, 0.3) is 11.0 Å². The average Bonchev–Trinajstić information content (AvgIpc) is 3.19. The van der Waals surface area contributed by atoms with Crippen molar-refractivity contribution in [3.8, 4) is 0 Å². The van der Waals surface area contributed by atoms with Gasteiger partial charge in [-0.05, 0) is 30.9 Å². The predicted octanol–water partition coefficient (Wildman–Crippen LogP) is 1.82. The minimum atomic E-state index is -0.522. The summed E-state index contributed by atoms with van der Waals surface area (Å²) in [5.41, 5.74) is 7.60. The zero-order valence-corrected chi connectivity index (χ0v) is 15.3. The van der Waals surface area contributed by atoms with Crippen LogP contribution in [0.15, 0.2) is 18.2 Å². The molecule has 2 aromatic rings. The van der Waals surface area contributed by atoms with E-state index in [9.17, 15) is 14.8 Å². The van der Waals surface area contributed by atoms with Gasteiger partial charge in [-0.3, -0.25) is 25.6 Å². The third-order valence-electron chi connectivity index (χ3n) is 4.98. The molecule has 1 aromatic heterocycles. The van der Waals surface area contributed by atoms with Gasteiger partial charge in [-0.25, -0.2) is 10.0 Å². The molecule has 0 unspecified atom stereocenters. The van der Waals surface area contributed by atoms with Crippen molar-refractivity contribution >= 4 is 29.3 Å². The van der Waals surface area contributed by atoms with E-state index < -0.39 is 5.92 Å². The van der Waals surface area contributed by atoms with E-state index in [1.807, 2.05) is 25.1 Å². The van der Waals surface area contributed by atoms with Gasteiger partial charge in [0.15, 0.2) is 0 Å². The number of para-hydroxylation sites is 1. The lowest BCUT2D eigenvalue weighted by Crippen LogP contribution is -2.41. The van der Waals surface area contributed by atoms with E-state index in [4.69, 9.17) is 0 Å². The van der Waals surface area contributed by atoms with Crippen molar-refractivity contribution in [3.05, 3.63) is 23.8 Å². The highest BCUT2D eigenvalue weighted by Gasteiger charge is 2.27. The zero-order chi connectivity index (χ0) is 19.2. The van der Waals surface area contributed by atoms with E-state index in [0.717, 1.165) is 31.2 Å². The number of hydroxylamine groups is 2. The monoisotopic (exact) mass is 372 g/mol. The number of rotatable bonds is 8. The quantitative estimate of drug-likeness (QED) is 0.367. The lowest BCUT2D eigenvalue weighted by atomic mass is 9.92. The molecule has 9 nitrogen and oxygen atoms in total. The summed E-state index contributed by atoms with van der Waals surface area (Å²) in [5, 5.41) is 18.1. The molecular weight excluding hydrogens is 348 g/mol. The van der Waals surface area contributed by atoms with Crippen molar-refractivity contribution in [2.45, 2.75) is 39.0 Å². The van der Waals surface area contributed by atoms with E-state index in [1.165, 1.54) is 0 Å². The fraction of sp³-hybridized carbons (Fsp3) is 0.500. The van der Waals surface area contributed by atoms with Crippen LogP contribution < -0.4 is 10.9 Å². The van der Waals surface area contributed by atoms with Crippen LogP contribution in [-0.2, 0) is 9.59 Å². The maximum absolute atomic E-state index is 12.6. The Balaban J connectivity index is 1.65. The smallest absolute Gasteiger partial charge is 0.262 e. The summed E-state index contributed by atoms with van der Waals surface area (Å²) in [6.45, 7) is 1.87. The van der Waals surface area contributed by atoms with Crippen LogP contribution >= 0.6 is 0 Å². The van der Waals surface area contributed by atoms with E-state index in [0.29, 0.717) is 34.8 Å². The number of hydrazine groups is 1. The molecule has 3 rings (SSSR count). The van der Waals surface area contributed by atoms with E-state index >= 15 is 0 Å². The van der Waals surface area contributed by atoms with Crippen molar-refractivity contribution in [1.29, 1.82) is 0 Å². The minimum absolute atomic E-state index is 0.0521. The Bertz CT molecular complexity index is 809. The summed E-state index contributed by atoms with van der Waals surface area (Å²) in [6, 6.07) is 5.62. The Hall–Kier alpha value is -2.81. The molecule has 1 aliphatic rings. The van der Waals surface area contributed by atoms with Gasteiger partial charge in [0.25, 0.3) is 5.95 Å². The van der Waals surface area contributed by atoms with E-state index in [2.05, 4.69) is 26.0 Å². The van der Waals surface area contributed by atoms with Crippen molar-refractivity contribution in [1.82, 2.24) is 25.7 Å². The summed E-state index contributed by atoms with van der Waals surface area (Å²) in [5.74, 6) is -0.231. The number of hydrogen-bond acceptors (Lipinski definition) is 7. The Morgan fingerprint density at radius 1 is 1.37 bits per heavy atom. The Morgan fingerprint density at radius 3 is 2.89 bits per heavy atom. The third kappa shape index (κ3) is 4.88. The van der Waals surface area contributed by atoms with Gasteiger partial charge in [-0.1, -0.05) is 37.8 Å². The van der Waals surface area contributed by atoms with Gasteiger partial charge in [0.1, 0.15) is 5.52 Å². The standard InChI is InChI=1S/C18H24N6O3/c1-12-5-4-8-15-16(12)19-18(22-20-15)23-21-17(26)14(10-24(27)11-25)9-13-6-2-3-7-13/h4-5,8,11,13-14,27H,2-3,6-7,9-10H2,1H3,(H,21,26)(H,19,22,23)/t14-/m1/s1. The third-order valence-corrected chi connectivity index (χ3v) is 4.98. The number of carbonyl (C=O) groups is 2. The van der Waals surface area contributed by atoms with Gasteiger partial charge in [-0.2, -0.15) is 0 Å². The summed E-state index contributed by atoms with van der Waals surface area (Å²) in [4.78, 5) is 27.7. The molecule has 144 valence electrons. The molecule has 1 heterocycles. The molecule has 0 radical (unpaired) electrons. The fourth-order valence-electron chi connectivity index (χ4n) is 3.55. The highest BCUT2D eigenvalue weighted by atomic mass is 16.5. The highest BCUT2D eigenvalue weighted by Crippen LogP contribution is 2.30. The molecule has 9 heteroatoms. The Labute approximate surface area is 157 Å². The zero-order valence-electron chi connectivity index (χ0n) is 15.3. The molecule has 3 N–H and O–H groups in total. The number of anilines is 1. The maximum Gasteiger partial charge on any atom is 0.262 e. The summed E-state index contributed by atoms with van der Waals surface area (Å²) in [7, 11) is 0. The van der Waals surface area contributed by atoms with Crippen LogP contribution in [-0.4, -0.2) is 44.3 Å². The molecule has 1 aromatic carbocycles. The molecule has 1 saturated carbocycles. The van der Waals surface area contributed by atoms with Gasteiger partial charge in [-0.15, -0.1) is 10.2 Å². The molecule has 0 aliphatic heterocycles. The molecule has 1 atom stereocenters. The number of aryl methyl sites for hydroxylation is 1. The lowest BCUT2D eigenvalue weighted by Gasteiger charge is -2.22. The van der Waals surface area contributed by atoms with Crippen LogP contribution in [0.1, 0.15) is 37.7 Å². The first-order valence-electron chi connectivity index (χ1n) is 9.13. The molecule has 1 aliphatic carbocycles. The first-order valence-corrected chi connectivity index (χ1v) is 9.13. The molecule has 0 saturated heterocycles. The second-order valence-corrected chi connectivity index (χ2v) is 7.00. The lowest BCUT2D eigenvalue weighted by molar-refractivity contribution is -0.154. The van der Waals surface area contributed by atoms with Crippen LogP contribution in [0.2, 0.25) is 0 Å². The first-order chi connectivity index (χ1) is 13.1. The largest absolute Gasteiger partial charge is 0.286 e. The van der Waals surface area contributed by atoms with Crippen LogP contribution in [0, 0.1) is 18.8 Å². The highest BCUT2D eigenvalue weighted by molar-refractivity contribution is 5.81. The molecule has 1 fully saturated rings. The maximum atomic E-state index is 12.6. The predicted molar refractivity (Wildman–Crippen MR) is 98.5 cm³/mol. The first kappa shape index (κ1) is 19.0. The van der Waals surface area contributed by atoms with Crippen LogP contribution in [0.3, 0.4) is 0 Å². The van der Waals surface area contributed by atoms with Gasteiger partial charge in [0.2, 0.25) is 12.3 Å². The van der Waals surface area contributed by atoms with Crippen molar-refractivity contribution in [2.75, 3.05) is 12.0 Å². The van der Waals surface area contributed by atoms with Gasteiger partial charge >= 0.3 is 0 Å². The summed E-state index contributed by atoms with van der Waals surface area (Å²) in [6.07, 6.45) is 5.38. The molecule has 2 amide bonds. The number of nitrogens with zero attached hydrogens (tertiary/aromatic N) is 4. The van der Waals surface area contributed by atoms with Crippen LogP contribution in [0.4, 0.5) is 5.95 Å². The number of fused-ring (bicyclic) bond motifs is 1. The number of hydrogen-bond donors (Lipinski definition) is 3. The Kier molecular flexibility index (Phi) is 6.12. The van der Waals surface area contributed by atoms with Gasteiger partial charge in [0.05, 0.1) is 18.0 Å². The molecular formula is C18H24N6O3. The topological polar surface area (TPSA) is 120 Å². The molecule has 0 spiro atoms. The van der Waals surface area contributed by atoms with Crippen molar-refractivity contribution < 1.29 is 14.8 Å². The SMILES string of the molecule is Cc1cccc2nnc(NNC(=O)[C@H](CC3CCCC3)CN(O)C=O)nc12. The second-order valence-electron chi connectivity index (χ2n) is 7.00. The molecule has 27 heavy (non-hydrogen) atoms. The number of carbonyl (C=O) groups excluding carboxylic acids is 2. The Morgan fingerprint density at radius 2 is 2.15 bits per heavy atom. The van der Waals surface area contributed by atoms with Gasteiger partial charge < -0.3 is 0 Å². The number of aromatic nitrogens is 3. The van der Waals surface area contributed by atoms with Crippen molar-refractivity contribution in [3.63, 3.8) is 0 Å². The average molecular weight is 372 g/mol. The molecule has 0 bridgehead atoms. The van der Waals surface area contributed by atoms with Crippen LogP contribution in [0.5, 0.6) is 0 Å². The van der Waals surface area contributed by atoms with E-state index in [-0.39, 0.29) is 18.4 Å². The fourth-order valence-corrected chi connectivity index (χ4v) is 3.55. The minimum Gasteiger partial charge on any atom is -0.286 e. The van der Waals surface area contributed by atoms with Gasteiger partial charge in [0, 0.05) is 0 Å². The van der Waals surface area contributed by atoms with E-state index in [1.54, 1.807) is 0 Å². The number of benzene rings is 1. The summed E-state index contributed by atoms with van der Waals surface area (Å²) < 4.78 is 0. The second kappa shape index (κ2) is 8.72. The number of amides is 2.